The minimum absolute atomic E-state index is 0.170. The Labute approximate surface area is 148 Å². The third-order valence-electron chi connectivity index (χ3n) is 3.93. The first kappa shape index (κ1) is 16.7. The van der Waals surface area contributed by atoms with Gasteiger partial charge in [0.25, 0.3) is 5.82 Å². The quantitative estimate of drug-likeness (QED) is 0.699. The molecule has 0 bridgehead atoms. The number of hydrogen-bond donors (Lipinski definition) is 2. The van der Waals surface area contributed by atoms with Crippen molar-refractivity contribution in [1.82, 2.24) is 0 Å². The van der Waals surface area contributed by atoms with Crippen LogP contribution in [0, 0.1) is 11.3 Å². The smallest absolute Gasteiger partial charge is 0.350 e. The fraction of sp³-hybridized carbons (Fsp3) is 0.167. The number of nitrogens with one attached hydrogen (secondary N) is 1. The molecule has 1 aromatic carbocycles. The topological polar surface area (TPSA) is 116 Å². The summed E-state index contributed by atoms with van der Waals surface area (Å²) in [6.45, 7) is 2.09. The molecule has 0 aliphatic heterocycles. The summed E-state index contributed by atoms with van der Waals surface area (Å²) in [7, 11) is 0. The number of hydrogen-bond acceptors (Lipinski definition) is 6. The van der Waals surface area contributed by atoms with Crippen molar-refractivity contribution in [3.8, 4) is 6.07 Å². The van der Waals surface area contributed by atoms with Crippen molar-refractivity contribution in [2.24, 2.45) is 0 Å². The van der Waals surface area contributed by atoms with E-state index in [1.807, 2.05) is 37.3 Å². The maximum atomic E-state index is 12.4. The third kappa shape index (κ3) is 2.99. The average Bonchev–Trinajstić information content (AvgIpc) is 2.95. The molecular weight excluding hydrogens is 336 g/mol. The van der Waals surface area contributed by atoms with Crippen LogP contribution in [0.15, 0.2) is 30.3 Å². The molecule has 7 heteroatoms. The number of nitrogens with two attached hydrogens (primary N) is 2. The summed E-state index contributed by atoms with van der Waals surface area (Å²) >= 11 is 1.19. The van der Waals surface area contributed by atoms with Gasteiger partial charge in [-0.15, -0.1) is 0 Å². The lowest BCUT2D eigenvalue weighted by molar-refractivity contribution is -0.323. The Morgan fingerprint density at radius 1 is 1.32 bits per heavy atom. The molecule has 0 aliphatic carbocycles. The summed E-state index contributed by atoms with van der Waals surface area (Å²) in [4.78, 5) is 16.4. The molecule has 0 saturated carbocycles. The summed E-state index contributed by atoms with van der Waals surface area (Å²) in [5, 5.41) is 10.00. The number of nitrogens with zero attached hydrogens (tertiary/aromatic N) is 1. The highest BCUT2D eigenvalue weighted by molar-refractivity contribution is 7.20. The van der Waals surface area contributed by atoms with Crippen LogP contribution in [0.5, 0.6) is 0 Å². The lowest BCUT2D eigenvalue weighted by atomic mass is 10.0. The summed E-state index contributed by atoms with van der Waals surface area (Å²) in [6, 6.07) is 11.5. The van der Waals surface area contributed by atoms with Gasteiger partial charge in [0.1, 0.15) is 23.1 Å². The molecule has 0 unspecified atom stereocenters. The lowest BCUT2D eigenvalue weighted by Gasteiger charge is -2.05. The molecule has 126 valence electrons. The van der Waals surface area contributed by atoms with Crippen molar-refractivity contribution >= 4 is 39.0 Å². The summed E-state index contributed by atoms with van der Waals surface area (Å²) in [5.74, 6) is -0.215. The Hall–Kier alpha value is -3.11. The van der Waals surface area contributed by atoms with Crippen LogP contribution < -0.4 is 16.5 Å². The van der Waals surface area contributed by atoms with Crippen molar-refractivity contribution in [1.29, 1.82) is 5.26 Å². The molecular formula is C18H17N4O2S+. The number of aryl methyl sites for hydroxylation is 1. The molecule has 2 heterocycles. The number of benzene rings is 1. The van der Waals surface area contributed by atoms with E-state index in [9.17, 15) is 10.1 Å². The molecule has 0 radical (unpaired) electrons. The van der Waals surface area contributed by atoms with E-state index in [0.717, 1.165) is 11.1 Å². The number of pyridine rings is 1. The molecule has 0 fully saturated rings. The fourth-order valence-electron chi connectivity index (χ4n) is 2.73. The Bertz CT molecular complexity index is 990. The van der Waals surface area contributed by atoms with E-state index >= 15 is 0 Å². The van der Waals surface area contributed by atoms with Crippen LogP contribution in [0.3, 0.4) is 0 Å². The second-order valence-corrected chi connectivity index (χ2v) is 6.49. The number of aromatic amines is 1. The van der Waals surface area contributed by atoms with Gasteiger partial charge in [-0.3, -0.25) is 5.73 Å². The van der Waals surface area contributed by atoms with Gasteiger partial charge in [-0.1, -0.05) is 48.6 Å². The Kier molecular flexibility index (Phi) is 4.55. The number of nitriles is 1. The van der Waals surface area contributed by atoms with Crippen LogP contribution in [0.2, 0.25) is 0 Å². The number of ether oxygens (including phenoxy) is 1. The molecule has 6 nitrogen and oxygen atoms in total. The number of fused-ring (bicyclic) bond motifs is 1. The van der Waals surface area contributed by atoms with Crippen LogP contribution in [0.4, 0.5) is 11.5 Å². The second kappa shape index (κ2) is 6.79. The molecule has 0 spiro atoms. The lowest BCUT2D eigenvalue weighted by Crippen LogP contribution is -2.14. The number of anilines is 2. The van der Waals surface area contributed by atoms with Crippen LogP contribution >= 0.6 is 11.3 Å². The third-order valence-corrected chi connectivity index (χ3v) is 5.03. The first-order chi connectivity index (χ1) is 12.1. The summed E-state index contributed by atoms with van der Waals surface area (Å²) in [5.41, 5.74) is 14.4. The molecule has 3 rings (SSSR count). The number of thiophene rings is 1. The first-order valence-corrected chi connectivity index (χ1v) is 8.55. The van der Waals surface area contributed by atoms with Gasteiger partial charge < -0.3 is 10.5 Å². The van der Waals surface area contributed by atoms with Gasteiger partial charge in [0.05, 0.1) is 11.1 Å². The van der Waals surface area contributed by atoms with E-state index in [1.165, 1.54) is 11.3 Å². The maximum absolute atomic E-state index is 12.4. The normalized spacial score (nSPS) is 10.6. The minimum atomic E-state index is -0.491. The van der Waals surface area contributed by atoms with E-state index in [4.69, 9.17) is 16.2 Å². The van der Waals surface area contributed by atoms with Gasteiger partial charge in [0.15, 0.2) is 4.83 Å². The van der Waals surface area contributed by atoms with Crippen molar-refractivity contribution in [3.63, 3.8) is 0 Å². The van der Waals surface area contributed by atoms with Gasteiger partial charge >= 0.3 is 5.97 Å². The minimum Gasteiger partial charge on any atom is -0.457 e. The highest BCUT2D eigenvalue weighted by atomic mass is 32.1. The van der Waals surface area contributed by atoms with Crippen LogP contribution in [0.25, 0.3) is 10.2 Å². The largest absolute Gasteiger partial charge is 0.457 e. The number of carbonyl (C=O) groups is 1. The zero-order chi connectivity index (χ0) is 18.0. The molecule has 0 saturated heterocycles. The Morgan fingerprint density at radius 2 is 2.04 bits per heavy atom. The molecule has 25 heavy (non-hydrogen) atoms. The highest BCUT2D eigenvalue weighted by Gasteiger charge is 2.25. The van der Waals surface area contributed by atoms with Gasteiger partial charge in [0, 0.05) is 0 Å². The van der Waals surface area contributed by atoms with Gasteiger partial charge in [-0.2, -0.15) is 5.26 Å². The number of carbonyl (C=O) groups excluding carboxylic acids is 1. The van der Waals surface area contributed by atoms with Crippen LogP contribution in [-0.2, 0) is 17.8 Å². The molecule has 0 amide bonds. The Morgan fingerprint density at radius 3 is 2.68 bits per heavy atom. The molecule has 5 N–H and O–H groups in total. The molecule has 0 atom stereocenters. The predicted octanol–water partition coefficient (Wildman–Crippen LogP) is 2.67. The average molecular weight is 353 g/mol. The van der Waals surface area contributed by atoms with Gasteiger partial charge in [-0.25, -0.2) is 9.78 Å². The molecule has 0 aliphatic rings. The zero-order valence-corrected chi connectivity index (χ0v) is 14.4. The number of aromatic nitrogens is 1. The summed E-state index contributed by atoms with van der Waals surface area (Å²) in [6.07, 6.45) is 0.581. The molecule has 3 aromatic rings. The Balaban J connectivity index is 1.99. The van der Waals surface area contributed by atoms with Crippen LogP contribution in [-0.4, -0.2) is 5.97 Å². The van der Waals surface area contributed by atoms with E-state index in [1.54, 1.807) is 0 Å². The van der Waals surface area contributed by atoms with E-state index in [2.05, 4.69) is 11.1 Å². The fourth-order valence-corrected chi connectivity index (χ4v) is 3.78. The first-order valence-electron chi connectivity index (χ1n) is 7.73. The number of esters is 1. The van der Waals surface area contributed by atoms with E-state index in [-0.39, 0.29) is 12.4 Å². The standard InChI is InChI=1S/C18H16N4O2S/c1-2-11-12(8-19)16(21)22-17-13(11)14(20)15(25-17)18(23)24-9-10-6-4-3-5-7-10/h3-7H,2,9,20H2,1H3,(H2,21,22)/p+1. The number of rotatable bonds is 4. The predicted molar refractivity (Wildman–Crippen MR) is 96.9 cm³/mol. The second-order valence-electron chi connectivity index (χ2n) is 5.47. The number of H-pyrrole nitrogens is 1. The number of nitrogen functional groups attached to an aromatic ring is 2. The van der Waals surface area contributed by atoms with Gasteiger partial charge in [-0.05, 0) is 17.5 Å². The molecule has 2 aromatic heterocycles. The van der Waals surface area contributed by atoms with E-state index in [0.29, 0.717) is 32.8 Å². The highest BCUT2D eigenvalue weighted by Crippen LogP contribution is 2.36. The van der Waals surface area contributed by atoms with Crippen molar-refractivity contribution < 1.29 is 14.5 Å². The SMILES string of the molecule is CCc1c(C#N)c(N)[nH+]c2sc(C(=O)OCc3ccccc3)c(N)c12. The van der Waals surface area contributed by atoms with Crippen molar-refractivity contribution in [2.45, 2.75) is 20.0 Å². The maximum Gasteiger partial charge on any atom is 0.350 e. The van der Waals surface area contributed by atoms with Crippen molar-refractivity contribution in [3.05, 3.63) is 51.9 Å². The van der Waals surface area contributed by atoms with E-state index < -0.39 is 5.97 Å². The zero-order valence-electron chi connectivity index (χ0n) is 13.6. The monoisotopic (exact) mass is 353 g/mol. The van der Waals surface area contributed by atoms with Gasteiger partial charge in [0.2, 0.25) is 0 Å². The summed E-state index contributed by atoms with van der Waals surface area (Å²) < 4.78 is 5.37. The van der Waals surface area contributed by atoms with Crippen molar-refractivity contribution in [2.75, 3.05) is 11.5 Å². The van der Waals surface area contributed by atoms with Crippen LogP contribution in [0.1, 0.15) is 33.3 Å².